The third-order valence-electron chi connectivity index (χ3n) is 3.26. The Hall–Kier alpha value is -2.34. The maximum atomic E-state index is 5.77. The summed E-state index contributed by atoms with van der Waals surface area (Å²) in [6.07, 6.45) is 0. The van der Waals surface area contributed by atoms with Crippen LogP contribution < -0.4 is 24.4 Å². The number of fused-ring (bicyclic) bond motifs is 1. The average molecular weight is 269 g/mol. The first-order chi connectivity index (χ1) is 9.86. The molecule has 0 spiro atoms. The highest BCUT2D eigenvalue weighted by molar-refractivity contribution is 6.43. The summed E-state index contributed by atoms with van der Waals surface area (Å²) in [6, 6.07) is 11.9. The Labute approximate surface area is 116 Å². The van der Waals surface area contributed by atoms with Gasteiger partial charge < -0.3 is 24.4 Å². The van der Waals surface area contributed by atoms with Crippen molar-refractivity contribution in [2.45, 2.75) is 0 Å². The molecule has 2 aliphatic rings. The van der Waals surface area contributed by atoms with Crippen molar-refractivity contribution in [3.8, 4) is 34.1 Å². The van der Waals surface area contributed by atoms with Crippen LogP contribution >= 0.6 is 0 Å². The molecule has 6 heteroatoms. The molecule has 0 amide bonds. The number of nitrogens with two attached hydrogens (primary N) is 1. The Morgan fingerprint density at radius 3 is 2.60 bits per heavy atom. The average Bonchev–Trinajstić information content (AvgIpc) is 3.07. The molecule has 2 aromatic rings. The zero-order valence-electron chi connectivity index (χ0n) is 10.7. The van der Waals surface area contributed by atoms with E-state index in [-0.39, 0.29) is 0 Å². The Morgan fingerprint density at radius 2 is 1.85 bits per heavy atom. The molecule has 0 aliphatic carbocycles. The van der Waals surface area contributed by atoms with E-state index in [1.54, 1.807) is 0 Å². The van der Waals surface area contributed by atoms with Gasteiger partial charge in [-0.15, -0.1) is 0 Å². The standard InChI is InChI=1S/C14H12BNO4/c16-6-7-17-12-10(9-4-2-1-3-5-9)8-11-13-14(12)20-15(18-11)19-13/h1-5,8H,6-7,16H2. The predicted molar refractivity (Wildman–Crippen MR) is 74.1 cm³/mol. The smallest absolute Gasteiger partial charge is 0.488 e. The third kappa shape index (κ3) is 1.62. The van der Waals surface area contributed by atoms with Gasteiger partial charge in [0.25, 0.3) is 0 Å². The minimum absolute atomic E-state index is 0.417. The molecule has 0 atom stereocenters. The highest BCUT2D eigenvalue weighted by atomic mass is 16.8. The van der Waals surface area contributed by atoms with Gasteiger partial charge in [0.05, 0.1) is 0 Å². The van der Waals surface area contributed by atoms with Gasteiger partial charge in [0.2, 0.25) is 0 Å². The summed E-state index contributed by atoms with van der Waals surface area (Å²) in [6.45, 7) is 0.853. The first kappa shape index (κ1) is 11.5. The molecule has 2 N–H and O–H groups in total. The van der Waals surface area contributed by atoms with Gasteiger partial charge in [-0.2, -0.15) is 0 Å². The molecular formula is C14H12BNO4. The minimum Gasteiger partial charge on any atom is -0.488 e. The molecule has 20 heavy (non-hydrogen) atoms. The summed E-state index contributed by atoms with van der Waals surface area (Å²) in [4.78, 5) is 0. The molecule has 0 aromatic heterocycles. The maximum Gasteiger partial charge on any atom is 0.864 e. The molecule has 2 aliphatic heterocycles. The highest BCUT2D eigenvalue weighted by Gasteiger charge is 2.49. The summed E-state index contributed by atoms with van der Waals surface area (Å²) >= 11 is 0. The Morgan fingerprint density at radius 1 is 1.05 bits per heavy atom. The van der Waals surface area contributed by atoms with Crippen LogP contribution in [0.4, 0.5) is 0 Å². The van der Waals surface area contributed by atoms with E-state index in [0.717, 1.165) is 11.1 Å². The van der Waals surface area contributed by atoms with Gasteiger partial charge in [-0.25, -0.2) is 0 Å². The van der Waals surface area contributed by atoms with Crippen LogP contribution in [0.2, 0.25) is 0 Å². The minimum atomic E-state index is -0.681. The Kier molecular flexibility index (Phi) is 2.50. The molecule has 5 nitrogen and oxygen atoms in total. The van der Waals surface area contributed by atoms with Crippen LogP contribution in [0.25, 0.3) is 11.1 Å². The van der Waals surface area contributed by atoms with E-state index >= 15 is 0 Å². The van der Waals surface area contributed by atoms with Crippen LogP contribution in [0, 0.1) is 0 Å². The zero-order chi connectivity index (χ0) is 13.5. The highest BCUT2D eigenvalue weighted by Crippen LogP contribution is 2.56. The number of rotatable bonds is 4. The van der Waals surface area contributed by atoms with E-state index in [0.29, 0.717) is 36.1 Å². The van der Waals surface area contributed by atoms with Crippen molar-refractivity contribution in [1.82, 2.24) is 0 Å². The third-order valence-corrected chi connectivity index (χ3v) is 3.26. The summed E-state index contributed by atoms with van der Waals surface area (Å²) in [5, 5.41) is 0. The first-order valence-corrected chi connectivity index (χ1v) is 6.46. The number of benzene rings is 2. The number of ether oxygens (including phenoxy) is 1. The van der Waals surface area contributed by atoms with Gasteiger partial charge in [-0.3, -0.25) is 0 Å². The number of hydrogen-bond donors (Lipinski definition) is 1. The van der Waals surface area contributed by atoms with Crippen LogP contribution in [-0.4, -0.2) is 20.5 Å². The quantitative estimate of drug-likeness (QED) is 0.858. The molecule has 100 valence electrons. The van der Waals surface area contributed by atoms with Crippen LogP contribution in [-0.2, 0) is 0 Å². The molecule has 0 saturated heterocycles. The molecule has 0 saturated carbocycles. The fourth-order valence-corrected chi connectivity index (χ4v) is 2.41. The molecule has 4 rings (SSSR count). The lowest BCUT2D eigenvalue weighted by Crippen LogP contribution is -2.29. The largest absolute Gasteiger partial charge is 0.864 e. The van der Waals surface area contributed by atoms with Gasteiger partial charge >= 0.3 is 7.32 Å². The molecule has 0 fully saturated rings. The molecular weight excluding hydrogens is 257 g/mol. The van der Waals surface area contributed by atoms with Crippen molar-refractivity contribution in [3.63, 3.8) is 0 Å². The normalized spacial score (nSPS) is 13.8. The van der Waals surface area contributed by atoms with E-state index in [4.69, 9.17) is 24.4 Å². The lowest BCUT2D eigenvalue weighted by molar-refractivity contribution is 0.310. The lowest BCUT2D eigenvalue weighted by Gasteiger charge is -2.18. The Bertz CT molecular complexity index is 662. The predicted octanol–water partition coefficient (Wildman–Crippen LogP) is 1.84. The van der Waals surface area contributed by atoms with E-state index in [9.17, 15) is 0 Å². The second-order valence-electron chi connectivity index (χ2n) is 4.56. The van der Waals surface area contributed by atoms with E-state index in [2.05, 4.69) is 0 Å². The Balaban J connectivity index is 1.88. The lowest BCUT2D eigenvalue weighted by atomic mass is 10.0. The van der Waals surface area contributed by atoms with Crippen LogP contribution in [0.1, 0.15) is 0 Å². The van der Waals surface area contributed by atoms with Gasteiger partial charge in [0.1, 0.15) is 6.61 Å². The summed E-state index contributed by atoms with van der Waals surface area (Å²) < 4.78 is 22.3. The molecule has 0 radical (unpaired) electrons. The van der Waals surface area contributed by atoms with E-state index < -0.39 is 7.32 Å². The second-order valence-corrected chi connectivity index (χ2v) is 4.56. The first-order valence-electron chi connectivity index (χ1n) is 6.46. The summed E-state index contributed by atoms with van der Waals surface area (Å²) in [5.74, 6) is 2.56. The molecule has 2 heterocycles. The van der Waals surface area contributed by atoms with Gasteiger partial charge in [0, 0.05) is 12.1 Å². The van der Waals surface area contributed by atoms with Gasteiger partial charge in [-0.05, 0) is 11.6 Å². The van der Waals surface area contributed by atoms with E-state index in [1.165, 1.54) is 0 Å². The van der Waals surface area contributed by atoms with Gasteiger partial charge in [0.15, 0.2) is 23.0 Å². The van der Waals surface area contributed by atoms with Crippen molar-refractivity contribution >= 4 is 7.32 Å². The summed E-state index contributed by atoms with van der Waals surface area (Å²) in [5.41, 5.74) is 7.47. The van der Waals surface area contributed by atoms with Crippen molar-refractivity contribution in [2.24, 2.45) is 5.73 Å². The van der Waals surface area contributed by atoms with E-state index in [1.807, 2.05) is 36.4 Å². The van der Waals surface area contributed by atoms with Crippen molar-refractivity contribution in [1.29, 1.82) is 0 Å². The van der Waals surface area contributed by atoms with Crippen molar-refractivity contribution < 1.29 is 18.7 Å². The molecule has 2 bridgehead atoms. The SMILES string of the molecule is NCCOc1c(-c2ccccc2)cc2c3c1OB(O2)O3. The summed E-state index contributed by atoms with van der Waals surface area (Å²) in [7, 11) is -0.681. The molecule has 0 unspecified atom stereocenters. The second kappa shape index (κ2) is 4.35. The fraction of sp³-hybridized carbons (Fsp3) is 0.143. The monoisotopic (exact) mass is 269 g/mol. The van der Waals surface area contributed by atoms with Crippen LogP contribution in [0.3, 0.4) is 0 Å². The van der Waals surface area contributed by atoms with Crippen molar-refractivity contribution in [3.05, 3.63) is 36.4 Å². The maximum absolute atomic E-state index is 5.77. The van der Waals surface area contributed by atoms with Gasteiger partial charge in [-0.1, -0.05) is 30.3 Å². The zero-order valence-corrected chi connectivity index (χ0v) is 10.7. The topological polar surface area (TPSA) is 62.9 Å². The molecule has 2 aromatic carbocycles. The number of hydrogen-bond acceptors (Lipinski definition) is 5. The van der Waals surface area contributed by atoms with Crippen LogP contribution in [0.15, 0.2) is 36.4 Å². The van der Waals surface area contributed by atoms with Crippen LogP contribution in [0.5, 0.6) is 23.0 Å². The fourth-order valence-electron chi connectivity index (χ4n) is 2.41. The van der Waals surface area contributed by atoms with Crippen molar-refractivity contribution in [2.75, 3.05) is 13.2 Å².